The second-order valence-corrected chi connectivity index (χ2v) is 12.2. The molecule has 1 heterocycles. The summed E-state index contributed by atoms with van der Waals surface area (Å²) in [6.07, 6.45) is 8.91. The average Bonchev–Trinajstić information content (AvgIpc) is 3.61. The summed E-state index contributed by atoms with van der Waals surface area (Å²) in [5, 5.41) is 10.3. The third-order valence-corrected chi connectivity index (χ3v) is 9.57. The summed E-state index contributed by atoms with van der Waals surface area (Å²) in [5.41, 5.74) is 1.04. The predicted octanol–water partition coefficient (Wildman–Crippen LogP) is 4.29. The van der Waals surface area contributed by atoms with Gasteiger partial charge >= 0.3 is 5.97 Å². The van der Waals surface area contributed by atoms with E-state index in [1.54, 1.807) is 13.0 Å². The first-order valence-electron chi connectivity index (χ1n) is 13.3. The van der Waals surface area contributed by atoms with E-state index in [4.69, 9.17) is 9.47 Å². The molecule has 6 nitrogen and oxygen atoms in total. The van der Waals surface area contributed by atoms with E-state index in [9.17, 15) is 14.7 Å². The molecule has 7 heteroatoms. The molecule has 190 valence electrons. The van der Waals surface area contributed by atoms with Crippen molar-refractivity contribution < 1.29 is 28.6 Å². The minimum Gasteiger partial charge on any atom is -0.493 e. The first kappa shape index (κ1) is 23.3. The second kappa shape index (κ2) is 8.46. The van der Waals surface area contributed by atoms with Crippen LogP contribution in [0, 0.1) is 34.9 Å². The van der Waals surface area contributed by atoms with Gasteiger partial charge in [-0.15, -0.1) is 0 Å². The van der Waals surface area contributed by atoms with Gasteiger partial charge in [0.05, 0.1) is 25.4 Å². The Hall–Kier alpha value is -2.15. The second-order valence-electron chi connectivity index (χ2n) is 12.2. The van der Waals surface area contributed by atoms with Crippen molar-refractivity contribution in [2.45, 2.75) is 76.4 Å². The van der Waals surface area contributed by atoms with Crippen LogP contribution in [-0.4, -0.2) is 54.3 Å². The molecule has 35 heavy (non-hydrogen) atoms. The van der Waals surface area contributed by atoms with E-state index >= 15 is 4.39 Å². The molecule has 7 rings (SSSR count). The topological polar surface area (TPSA) is 76.1 Å². The molecule has 6 aliphatic rings. The Morgan fingerprint density at radius 3 is 2.31 bits per heavy atom. The number of methoxy groups -OCH3 is 1. The highest BCUT2D eigenvalue weighted by atomic mass is 19.1. The van der Waals surface area contributed by atoms with Crippen LogP contribution in [0.25, 0.3) is 0 Å². The summed E-state index contributed by atoms with van der Waals surface area (Å²) in [4.78, 5) is 27.0. The van der Waals surface area contributed by atoms with Crippen LogP contribution in [0.15, 0.2) is 12.1 Å². The highest BCUT2D eigenvalue weighted by Crippen LogP contribution is 2.60. The van der Waals surface area contributed by atoms with Gasteiger partial charge in [-0.1, -0.05) is 6.92 Å². The molecular weight excluding hydrogens is 449 g/mol. The van der Waals surface area contributed by atoms with Gasteiger partial charge in [-0.2, -0.15) is 0 Å². The summed E-state index contributed by atoms with van der Waals surface area (Å²) >= 11 is 0. The molecule has 1 saturated heterocycles. The van der Waals surface area contributed by atoms with Crippen LogP contribution in [0.1, 0.15) is 80.1 Å². The number of rotatable bonds is 6. The van der Waals surface area contributed by atoms with Gasteiger partial charge < -0.3 is 19.5 Å². The van der Waals surface area contributed by atoms with Crippen LogP contribution in [0.2, 0.25) is 0 Å². The lowest BCUT2D eigenvalue weighted by molar-refractivity contribution is -0.146. The summed E-state index contributed by atoms with van der Waals surface area (Å²) in [7, 11) is 1.25. The van der Waals surface area contributed by atoms with E-state index in [1.165, 1.54) is 56.6 Å². The van der Waals surface area contributed by atoms with Gasteiger partial charge in [0.25, 0.3) is 5.91 Å². The zero-order valence-electron chi connectivity index (χ0n) is 20.7. The van der Waals surface area contributed by atoms with E-state index in [1.807, 2.05) is 0 Å². The maximum absolute atomic E-state index is 15.4. The zero-order valence-corrected chi connectivity index (χ0v) is 20.7. The van der Waals surface area contributed by atoms with Gasteiger partial charge in [0.2, 0.25) is 0 Å². The Morgan fingerprint density at radius 2 is 1.74 bits per heavy atom. The Bertz CT molecular complexity index is 1000. The van der Waals surface area contributed by atoms with E-state index in [2.05, 4.69) is 0 Å². The number of amides is 1. The van der Waals surface area contributed by atoms with Crippen molar-refractivity contribution in [1.82, 2.24) is 4.90 Å². The van der Waals surface area contributed by atoms with Crippen molar-refractivity contribution in [3.05, 3.63) is 29.1 Å². The summed E-state index contributed by atoms with van der Waals surface area (Å²) < 4.78 is 26.7. The minimum absolute atomic E-state index is 0.0256. The summed E-state index contributed by atoms with van der Waals surface area (Å²) in [6, 6.07) is 2.08. The first-order valence-corrected chi connectivity index (χ1v) is 13.3. The lowest BCUT2D eigenvalue weighted by Crippen LogP contribution is -2.48. The van der Waals surface area contributed by atoms with E-state index in [0.29, 0.717) is 12.4 Å². The van der Waals surface area contributed by atoms with Gasteiger partial charge in [-0.05, 0) is 86.7 Å². The van der Waals surface area contributed by atoms with Crippen molar-refractivity contribution in [3.8, 4) is 5.75 Å². The normalized spacial score (nSPS) is 37.5. The van der Waals surface area contributed by atoms with Gasteiger partial charge in [-0.25, -0.2) is 9.18 Å². The number of halogens is 1. The number of hydrogen-bond acceptors (Lipinski definition) is 5. The van der Waals surface area contributed by atoms with Crippen LogP contribution < -0.4 is 4.74 Å². The molecule has 0 radical (unpaired) electrons. The Kier molecular flexibility index (Phi) is 5.62. The van der Waals surface area contributed by atoms with Crippen molar-refractivity contribution >= 4 is 11.9 Å². The number of ether oxygens (including phenoxy) is 2. The molecule has 6 fully saturated rings. The number of carbonyl (C=O) groups is 2. The molecule has 1 amide bonds. The number of benzene rings is 1. The largest absolute Gasteiger partial charge is 0.493 e. The molecule has 1 aromatic carbocycles. The summed E-state index contributed by atoms with van der Waals surface area (Å²) in [6.45, 7) is 2.30. The maximum atomic E-state index is 15.4. The standard InChI is InChI=1S/C28H36FNO5/c1-15-23(31)13-30(25(15)27(33)34-2)26(32)21-8-20(19-3-4-19)24(9-22(21)29)35-14-28-10-16-5-17(11-28)7-18(6-16)12-28/h8-9,15-19,23,25,31H,3-7,10-14H2,1-2H3/t15-,16?,17?,18?,23+,25-,28?/m0/s1. The summed E-state index contributed by atoms with van der Waals surface area (Å²) in [5.74, 6) is 1.00. The molecule has 1 aromatic rings. The van der Waals surface area contributed by atoms with Crippen molar-refractivity contribution in [2.75, 3.05) is 20.3 Å². The van der Waals surface area contributed by atoms with Gasteiger partial charge in [0.1, 0.15) is 17.6 Å². The van der Waals surface area contributed by atoms with Crippen molar-refractivity contribution in [1.29, 1.82) is 0 Å². The number of aliphatic hydroxyl groups excluding tert-OH is 1. The van der Waals surface area contributed by atoms with Crippen LogP contribution in [-0.2, 0) is 9.53 Å². The number of carbonyl (C=O) groups excluding carboxylic acids is 2. The van der Waals surface area contributed by atoms with Crippen LogP contribution >= 0.6 is 0 Å². The molecule has 5 saturated carbocycles. The Labute approximate surface area is 206 Å². The number of likely N-dealkylation sites (tertiary alicyclic amines) is 1. The average molecular weight is 486 g/mol. The fourth-order valence-electron chi connectivity index (χ4n) is 8.07. The molecule has 5 aliphatic carbocycles. The fraction of sp³-hybridized carbons (Fsp3) is 0.714. The fourth-order valence-corrected chi connectivity index (χ4v) is 8.07. The highest BCUT2D eigenvalue weighted by molar-refractivity contribution is 5.98. The van der Waals surface area contributed by atoms with Gasteiger partial charge in [-0.3, -0.25) is 4.79 Å². The minimum atomic E-state index is -0.932. The molecular formula is C28H36FNO5. The molecule has 1 N–H and O–H groups in total. The molecule has 3 atom stereocenters. The SMILES string of the molecule is COC(=O)[C@@H]1[C@@H](C)[C@H](O)CN1C(=O)c1cc(C2CC2)c(OCC23CC4CC(CC(C4)C2)C3)cc1F. The number of hydrogen-bond donors (Lipinski definition) is 1. The Morgan fingerprint density at radius 1 is 1.11 bits per heavy atom. The number of β-amino-alcohol motifs (C(OH)–C–C–N with tert-alkyl or cyclic N) is 1. The van der Waals surface area contributed by atoms with Crippen LogP contribution in [0.5, 0.6) is 5.75 Å². The number of nitrogens with zero attached hydrogens (tertiary/aromatic N) is 1. The molecule has 0 aromatic heterocycles. The third-order valence-electron chi connectivity index (χ3n) is 9.57. The van der Waals surface area contributed by atoms with Crippen molar-refractivity contribution in [2.24, 2.45) is 29.1 Å². The molecule has 0 spiro atoms. The lowest BCUT2D eigenvalue weighted by Gasteiger charge is -2.56. The molecule has 1 aliphatic heterocycles. The monoisotopic (exact) mass is 485 g/mol. The molecule has 0 unspecified atom stereocenters. The third kappa shape index (κ3) is 4.04. The maximum Gasteiger partial charge on any atom is 0.328 e. The van der Waals surface area contributed by atoms with Gasteiger partial charge in [0.15, 0.2) is 0 Å². The Balaban J connectivity index is 1.25. The molecule has 4 bridgehead atoms. The van der Waals surface area contributed by atoms with E-state index in [-0.39, 0.29) is 23.4 Å². The van der Waals surface area contributed by atoms with Crippen molar-refractivity contribution in [3.63, 3.8) is 0 Å². The highest BCUT2D eigenvalue weighted by Gasteiger charge is 2.51. The quantitative estimate of drug-likeness (QED) is 0.609. The van der Waals surface area contributed by atoms with Crippen LogP contribution in [0.3, 0.4) is 0 Å². The number of aliphatic hydroxyl groups is 1. The smallest absolute Gasteiger partial charge is 0.328 e. The van der Waals surface area contributed by atoms with Gasteiger partial charge in [0, 0.05) is 23.9 Å². The van der Waals surface area contributed by atoms with Crippen LogP contribution in [0.4, 0.5) is 4.39 Å². The lowest BCUT2D eigenvalue weighted by atomic mass is 9.50. The van der Waals surface area contributed by atoms with E-state index in [0.717, 1.165) is 36.2 Å². The first-order chi connectivity index (χ1) is 16.8. The number of esters is 1. The zero-order chi connectivity index (χ0) is 24.5. The predicted molar refractivity (Wildman–Crippen MR) is 126 cm³/mol. The van der Waals surface area contributed by atoms with E-state index < -0.39 is 35.8 Å².